The number of nitrogens with zero attached hydrogens (tertiary/aromatic N) is 1. The molecule has 0 unspecified atom stereocenters. The molecule has 0 saturated heterocycles. The van der Waals surface area contributed by atoms with Crippen molar-refractivity contribution in [3.05, 3.63) is 59.2 Å². The summed E-state index contributed by atoms with van der Waals surface area (Å²) in [6.45, 7) is 1.54. The van der Waals surface area contributed by atoms with Crippen LogP contribution in [0.15, 0.2) is 47.4 Å². The third kappa shape index (κ3) is 3.09. The van der Waals surface area contributed by atoms with Crippen LogP contribution in [0.5, 0.6) is 0 Å². The monoisotopic (exact) mass is 349 g/mol. The second-order valence-electron chi connectivity index (χ2n) is 5.08. The van der Waals surface area contributed by atoms with Crippen LogP contribution in [0.25, 0.3) is 0 Å². The highest BCUT2D eigenvalue weighted by molar-refractivity contribution is 7.92. The van der Waals surface area contributed by atoms with Crippen LogP contribution in [-0.2, 0) is 10.0 Å². The molecule has 0 aromatic heterocycles. The van der Waals surface area contributed by atoms with Crippen molar-refractivity contribution >= 4 is 27.6 Å². The molecule has 0 radical (unpaired) electrons. The van der Waals surface area contributed by atoms with Crippen molar-refractivity contribution in [2.75, 3.05) is 11.4 Å². The Morgan fingerprint density at radius 2 is 1.62 bits per heavy atom. The van der Waals surface area contributed by atoms with Crippen LogP contribution in [0, 0.1) is 6.92 Å². The molecule has 0 bridgehead atoms. The van der Waals surface area contributed by atoms with Gasteiger partial charge in [0.25, 0.3) is 10.0 Å². The number of carbonyl (C=O) groups is 2. The molecule has 0 aliphatic rings. The Balaban J connectivity index is 2.62. The number of aryl methyl sites for hydroxylation is 1. The highest BCUT2D eigenvalue weighted by Crippen LogP contribution is 2.27. The summed E-state index contributed by atoms with van der Waals surface area (Å²) in [7, 11) is -2.90. The molecule has 0 aliphatic heterocycles. The number of aromatic carboxylic acids is 2. The average Bonchev–Trinajstić information content (AvgIpc) is 2.54. The van der Waals surface area contributed by atoms with Crippen LogP contribution in [0.2, 0.25) is 0 Å². The molecule has 24 heavy (non-hydrogen) atoms. The van der Waals surface area contributed by atoms with E-state index in [9.17, 15) is 23.1 Å². The van der Waals surface area contributed by atoms with Crippen LogP contribution in [0.1, 0.15) is 26.3 Å². The lowest BCUT2D eigenvalue weighted by Gasteiger charge is -2.22. The summed E-state index contributed by atoms with van der Waals surface area (Å²) in [4.78, 5) is 22.2. The van der Waals surface area contributed by atoms with Crippen LogP contribution in [-0.4, -0.2) is 37.6 Å². The smallest absolute Gasteiger partial charge is 0.337 e. The number of carboxylic acid groups (broad SMARTS) is 2. The molecule has 2 N–H and O–H groups in total. The summed E-state index contributed by atoms with van der Waals surface area (Å²) in [5.74, 6) is -2.51. The van der Waals surface area contributed by atoms with Crippen LogP contribution in [0.4, 0.5) is 5.69 Å². The quantitative estimate of drug-likeness (QED) is 0.856. The van der Waals surface area contributed by atoms with Crippen LogP contribution in [0.3, 0.4) is 0 Å². The van der Waals surface area contributed by atoms with Gasteiger partial charge in [-0.25, -0.2) is 18.0 Å². The molecule has 0 amide bonds. The minimum atomic E-state index is -4.13. The molecule has 2 rings (SSSR count). The first-order valence-corrected chi connectivity index (χ1v) is 8.25. The zero-order valence-corrected chi connectivity index (χ0v) is 13.7. The first-order chi connectivity index (χ1) is 11.2. The van der Waals surface area contributed by atoms with Crippen molar-refractivity contribution < 1.29 is 28.2 Å². The molecule has 8 heteroatoms. The van der Waals surface area contributed by atoms with E-state index < -0.39 is 22.0 Å². The van der Waals surface area contributed by atoms with Gasteiger partial charge in [0.1, 0.15) is 0 Å². The number of sulfonamides is 1. The Bertz CT molecular complexity index is 920. The highest BCUT2D eigenvalue weighted by atomic mass is 32.2. The molecular weight excluding hydrogens is 334 g/mol. The molecule has 0 heterocycles. The molecule has 7 nitrogen and oxygen atoms in total. The van der Waals surface area contributed by atoms with Gasteiger partial charge in [0, 0.05) is 7.05 Å². The van der Waals surface area contributed by atoms with Gasteiger partial charge in [-0.05, 0) is 36.8 Å². The second kappa shape index (κ2) is 6.32. The highest BCUT2D eigenvalue weighted by Gasteiger charge is 2.27. The third-order valence-electron chi connectivity index (χ3n) is 3.55. The maximum atomic E-state index is 12.8. The molecule has 0 spiro atoms. The van der Waals surface area contributed by atoms with Gasteiger partial charge in [-0.2, -0.15) is 0 Å². The van der Waals surface area contributed by atoms with Gasteiger partial charge in [0.05, 0.1) is 21.7 Å². The lowest BCUT2D eigenvalue weighted by molar-refractivity contribution is 0.0686. The zero-order chi connectivity index (χ0) is 18.1. The predicted molar refractivity (Wildman–Crippen MR) is 87.1 cm³/mol. The Kier molecular flexibility index (Phi) is 4.61. The Labute approximate surface area is 138 Å². The minimum absolute atomic E-state index is 0.00914. The van der Waals surface area contributed by atoms with Gasteiger partial charge in [0.2, 0.25) is 0 Å². The van der Waals surface area contributed by atoms with E-state index in [2.05, 4.69) is 0 Å². The standard InChI is InChI=1S/C16H15NO6S/c1-10-7-8-11(15(18)19)9-14(10)24(22,23)17(2)13-6-4-3-5-12(13)16(20)21/h3-9H,1-2H3,(H,18,19)(H,20,21). The van der Waals surface area contributed by atoms with E-state index in [0.29, 0.717) is 5.56 Å². The summed E-state index contributed by atoms with van der Waals surface area (Å²) < 4.78 is 26.5. The number of carboxylic acids is 2. The molecule has 0 atom stereocenters. The summed E-state index contributed by atoms with van der Waals surface area (Å²) in [6, 6.07) is 9.45. The molecule has 0 aliphatic carbocycles. The lowest BCUT2D eigenvalue weighted by atomic mass is 10.1. The molecule has 2 aromatic rings. The van der Waals surface area contributed by atoms with Crippen molar-refractivity contribution in [3.8, 4) is 0 Å². The van der Waals surface area contributed by atoms with Crippen molar-refractivity contribution in [3.63, 3.8) is 0 Å². The van der Waals surface area contributed by atoms with Crippen molar-refractivity contribution in [2.24, 2.45) is 0 Å². The van der Waals surface area contributed by atoms with E-state index in [1.165, 1.54) is 50.4 Å². The van der Waals surface area contributed by atoms with Crippen LogP contribution < -0.4 is 4.31 Å². The number of anilines is 1. The first kappa shape index (κ1) is 17.5. The molecule has 2 aromatic carbocycles. The van der Waals surface area contributed by atoms with Gasteiger partial charge >= 0.3 is 11.9 Å². The number of benzene rings is 2. The van der Waals surface area contributed by atoms with E-state index in [0.717, 1.165) is 10.4 Å². The summed E-state index contributed by atoms with van der Waals surface area (Å²) in [5.41, 5.74) is 0.0134. The Hall–Kier alpha value is -2.87. The fourth-order valence-corrected chi connectivity index (χ4v) is 3.68. The predicted octanol–water partition coefficient (Wildman–Crippen LogP) is 2.22. The van der Waals surface area contributed by atoms with E-state index >= 15 is 0 Å². The van der Waals surface area contributed by atoms with E-state index in [1.54, 1.807) is 0 Å². The maximum Gasteiger partial charge on any atom is 0.337 e. The van der Waals surface area contributed by atoms with Gasteiger partial charge in [-0.3, -0.25) is 4.31 Å². The first-order valence-electron chi connectivity index (χ1n) is 6.81. The lowest BCUT2D eigenvalue weighted by Crippen LogP contribution is -2.29. The summed E-state index contributed by atoms with van der Waals surface area (Å²) in [6.07, 6.45) is 0. The SMILES string of the molecule is Cc1ccc(C(=O)O)cc1S(=O)(=O)N(C)c1ccccc1C(=O)O. The fraction of sp³-hybridized carbons (Fsp3) is 0.125. The average molecular weight is 349 g/mol. The van der Waals surface area contributed by atoms with Crippen molar-refractivity contribution in [1.29, 1.82) is 0 Å². The van der Waals surface area contributed by atoms with Crippen LogP contribution >= 0.6 is 0 Å². The van der Waals surface area contributed by atoms with Gasteiger partial charge in [-0.15, -0.1) is 0 Å². The second-order valence-corrected chi connectivity index (χ2v) is 7.02. The normalized spacial score (nSPS) is 11.1. The van der Waals surface area contributed by atoms with Gasteiger partial charge in [-0.1, -0.05) is 18.2 Å². The molecular formula is C16H15NO6S. The Morgan fingerprint density at radius 1 is 1.00 bits per heavy atom. The van der Waals surface area contributed by atoms with Gasteiger partial charge < -0.3 is 10.2 Å². The number of rotatable bonds is 5. The number of hydrogen-bond acceptors (Lipinski definition) is 4. The van der Waals surface area contributed by atoms with E-state index in [-0.39, 0.29) is 21.7 Å². The fourth-order valence-electron chi connectivity index (χ4n) is 2.22. The van der Waals surface area contributed by atoms with Crippen molar-refractivity contribution in [2.45, 2.75) is 11.8 Å². The van der Waals surface area contributed by atoms with Crippen molar-refractivity contribution in [1.82, 2.24) is 0 Å². The summed E-state index contributed by atoms with van der Waals surface area (Å²) in [5, 5.41) is 18.3. The van der Waals surface area contributed by atoms with Gasteiger partial charge in [0.15, 0.2) is 0 Å². The number of para-hydroxylation sites is 1. The maximum absolute atomic E-state index is 12.8. The summed E-state index contributed by atoms with van der Waals surface area (Å²) >= 11 is 0. The zero-order valence-electron chi connectivity index (χ0n) is 12.9. The van der Waals surface area contributed by atoms with E-state index in [4.69, 9.17) is 5.11 Å². The topological polar surface area (TPSA) is 112 Å². The Morgan fingerprint density at radius 3 is 2.21 bits per heavy atom. The molecule has 0 saturated carbocycles. The largest absolute Gasteiger partial charge is 0.478 e. The van der Waals surface area contributed by atoms with E-state index in [1.807, 2.05) is 0 Å². The minimum Gasteiger partial charge on any atom is -0.478 e. The molecule has 0 fully saturated rings. The number of hydrogen-bond donors (Lipinski definition) is 2. The molecule has 126 valence electrons. The third-order valence-corrected chi connectivity index (χ3v) is 5.46.